The second-order valence-electron chi connectivity index (χ2n) is 6.18. The van der Waals surface area contributed by atoms with Gasteiger partial charge in [0.05, 0.1) is 0 Å². The van der Waals surface area contributed by atoms with E-state index in [4.69, 9.17) is 0 Å². The molecule has 1 aliphatic heterocycles. The number of aromatic nitrogens is 5. The normalized spacial score (nSPS) is 14.0. The molecule has 1 fully saturated rings. The Bertz CT molecular complexity index is 835. The van der Waals surface area contributed by atoms with Crippen LogP contribution in [0.3, 0.4) is 0 Å². The molecule has 128 valence electrons. The van der Waals surface area contributed by atoms with E-state index in [0.29, 0.717) is 6.54 Å². The van der Waals surface area contributed by atoms with Crippen LogP contribution >= 0.6 is 0 Å². The van der Waals surface area contributed by atoms with Gasteiger partial charge < -0.3 is 10.2 Å². The van der Waals surface area contributed by atoms with Crippen molar-refractivity contribution in [3.8, 4) is 5.82 Å². The minimum atomic E-state index is 0.673. The van der Waals surface area contributed by atoms with Gasteiger partial charge in [0, 0.05) is 44.3 Å². The van der Waals surface area contributed by atoms with Crippen molar-refractivity contribution < 1.29 is 0 Å². The summed E-state index contributed by atoms with van der Waals surface area (Å²) in [7, 11) is 0. The topological polar surface area (TPSA) is 71.8 Å². The highest BCUT2D eigenvalue weighted by molar-refractivity contribution is 5.49. The zero-order chi connectivity index (χ0) is 17.1. The number of hydrogen-bond donors (Lipinski definition) is 1. The zero-order valence-corrected chi connectivity index (χ0v) is 14.3. The third kappa shape index (κ3) is 3.45. The Morgan fingerprint density at radius 1 is 1.04 bits per heavy atom. The van der Waals surface area contributed by atoms with Crippen LogP contribution in [-0.2, 0) is 6.54 Å². The SMILES string of the molecule is Cc1nccn1-c1ccc(CNc2cc(N3CCCC3)ncn2)cn1. The monoisotopic (exact) mass is 335 g/mol. The van der Waals surface area contributed by atoms with Gasteiger partial charge in [0.15, 0.2) is 0 Å². The maximum absolute atomic E-state index is 4.52. The largest absolute Gasteiger partial charge is 0.366 e. The molecular weight excluding hydrogens is 314 g/mol. The predicted octanol–water partition coefficient (Wildman–Crippen LogP) is 2.58. The van der Waals surface area contributed by atoms with Crippen LogP contribution in [0.2, 0.25) is 0 Å². The van der Waals surface area contributed by atoms with E-state index in [-0.39, 0.29) is 0 Å². The molecule has 25 heavy (non-hydrogen) atoms. The van der Waals surface area contributed by atoms with Crippen LogP contribution in [-0.4, -0.2) is 37.6 Å². The van der Waals surface area contributed by atoms with Crippen LogP contribution in [0, 0.1) is 6.92 Å². The summed E-state index contributed by atoms with van der Waals surface area (Å²) in [5.74, 6) is 3.64. The first-order chi connectivity index (χ1) is 12.3. The average Bonchev–Trinajstić information content (AvgIpc) is 3.32. The Balaban J connectivity index is 1.41. The van der Waals surface area contributed by atoms with Gasteiger partial charge in [-0.15, -0.1) is 0 Å². The van der Waals surface area contributed by atoms with Crippen molar-refractivity contribution in [2.24, 2.45) is 0 Å². The van der Waals surface area contributed by atoms with Crippen molar-refractivity contribution in [3.05, 3.63) is 54.5 Å². The molecule has 7 heteroatoms. The highest BCUT2D eigenvalue weighted by Gasteiger charge is 2.13. The first kappa shape index (κ1) is 15.6. The van der Waals surface area contributed by atoms with Crippen LogP contribution in [0.25, 0.3) is 5.82 Å². The van der Waals surface area contributed by atoms with Gasteiger partial charge in [0.2, 0.25) is 0 Å². The third-order valence-corrected chi connectivity index (χ3v) is 4.44. The summed E-state index contributed by atoms with van der Waals surface area (Å²) in [4.78, 5) is 19.7. The Labute approximate surface area is 146 Å². The second-order valence-corrected chi connectivity index (χ2v) is 6.18. The summed E-state index contributed by atoms with van der Waals surface area (Å²) < 4.78 is 1.96. The van der Waals surface area contributed by atoms with Crippen molar-refractivity contribution >= 4 is 11.6 Å². The lowest BCUT2D eigenvalue weighted by Crippen LogP contribution is -2.19. The molecular formula is C18H21N7. The fourth-order valence-electron chi connectivity index (χ4n) is 3.04. The van der Waals surface area contributed by atoms with Gasteiger partial charge in [0.25, 0.3) is 0 Å². The van der Waals surface area contributed by atoms with E-state index >= 15 is 0 Å². The minimum absolute atomic E-state index is 0.673. The Morgan fingerprint density at radius 2 is 1.92 bits per heavy atom. The van der Waals surface area contributed by atoms with Crippen molar-refractivity contribution in [1.82, 2.24) is 24.5 Å². The zero-order valence-electron chi connectivity index (χ0n) is 14.3. The standard InChI is InChI=1S/C18H21N7/c1-14-19-6-9-25(14)17-5-4-15(12-21-17)11-20-16-10-18(23-13-22-16)24-7-2-3-8-24/h4-6,9-10,12-13H,2-3,7-8,11H2,1H3,(H,20,22,23). The fraction of sp³-hybridized carbons (Fsp3) is 0.333. The number of imidazole rings is 1. The number of nitrogens with zero attached hydrogens (tertiary/aromatic N) is 6. The van der Waals surface area contributed by atoms with E-state index in [1.54, 1.807) is 12.5 Å². The van der Waals surface area contributed by atoms with Crippen LogP contribution in [0.1, 0.15) is 24.2 Å². The summed E-state index contributed by atoms with van der Waals surface area (Å²) in [5.41, 5.74) is 1.10. The molecule has 7 nitrogen and oxygen atoms in total. The van der Waals surface area contributed by atoms with Crippen molar-refractivity contribution in [2.75, 3.05) is 23.3 Å². The summed E-state index contributed by atoms with van der Waals surface area (Å²) in [6, 6.07) is 6.08. The molecule has 3 aromatic heterocycles. The van der Waals surface area contributed by atoms with Gasteiger partial charge >= 0.3 is 0 Å². The molecule has 0 amide bonds. The summed E-state index contributed by atoms with van der Waals surface area (Å²) >= 11 is 0. The average molecular weight is 335 g/mol. The molecule has 1 saturated heterocycles. The molecule has 0 spiro atoms. The first-order valence-electron chi connectivity index (χ1n) is 8.56. The predicted molar refractivity (Wildman–Crippen MR) is 96.9 cm³/mol. The maximum Gasteiger partial charge on any atom is 0.137 e. The number of nitrogens with one attached hydrogen (secondary N) is 1. The smallest absolute Gasteiger partial charge is 0.137 e. The lowest BCUT2D eigenvalue weighted by atomic mass is 10.3. The molecule has 4 heterocycles. The molecule has 0 radical (unpaired) electrons. The minimum Gasteiger partial charge on any atom is -0.366 e. The van der Waals surface area contributed by atoms with E-state index < -0.39 is 0 Å². The molecule has 0 saturated carbocycles. The van der Waals surface area contributed by atoms with Crippen molar-refractivity contribution in [2.45, 2.75) is 26.3 Å². The molecule has 0 unspecified atom stereocenters. The van der Waals surface area contributed by atoms with E-state index in [1.807, 2.05) is 36.0 Å². The molecule has 4 rings (SSSR count). The van der Waals surface area contributed by atoms with Crippen molar-refractivity contribution in [3.63, 3.8) is 0 Å². The van der Waals surface area contributed by atoms with E-state index in [1.165, 1.54) is 12.8 Å². The third-order valence-electron chi connectivity index (χ3n) is 4.44. The lowest BCUT2D eigenvalue weighted by Gasteiger charge is -2.16. The molecule has 0 aromatic carbocycles. The Morgan fingerprint density at radius 3 is 2.64 bits per heavy atom. The maximum atomic E-state index is 4.52. The van der Waals surface area contributed by atoms with Gasteiger partial charge in [0.1, 0.15) is 29.6 Å². The van der Waals surface area contributed by atoms with E-state index in [2.05, 4.69) is 36.2 Å². The molecule has 1 N–H and O–H groups in total. The lowest BCUT2D eigenvalue weighted by molar-refractivity contribution is 0.920. The summed E-state index contributed by atoms with van der Waals surface area (Å²) in [5, 5.41) is 3.35. The number of anilines is 2. The number of rotatable bonds is 5. The molecule has 0 bridgehead atoms. The van der Waals surface area contributed by atoms with Crippen LogP contribution in [0.15, 0.2) is 43.1 Å². The molecule has 1 aliphatic rings. The van der Waals surface area contributed by atoms with Gasteiger partial charge in [-0.1, -0.05) is 6.07 Å². The highest BCUT2D eigenvalue weighted by atomic mass is 15.2. The van der Waals surface area contributed by atoms with Gasteiger partial charge in [-0.3, -0.25) is 4.57 Å². The van der Waals surface area contributed by atoms with Crippen LogP contribution in [0.4, 0.5) is 11.6 Å². The van der Waals surface area contributed by atoms with E-state index in [9.17, 15) is 0 Å². The van der Waals surface area contributed by atoms with Gasteiger partial charge in [-0.2, -0.15) is 0 Å². The summed E-state index contributed by atoms with van der Waals surface area (Å²) in [6.45, 7) is 4.79. The fourth-order valence-corrected chi connectivity index (χ4v) is 3.04. The highest BCUT2D eigenvalue weighted by Crippen LogP contribution is 2.19. The Hall–Kier alpha value is -2.96. The van der Waals surface area contributed by atoms with Crippen molar-refractivity contribution in [1.29, 1.82) is 0 Å². The number of hydrogen-bond acceptors (Lipinski definition) is 6. The second kappa shape index (κ2) is 6.88. The number of aryl methyl sites for hydroxylation is 1. The van der Waals surface area contributed by atoms with Gasteiger partial charge in [-0.25, -0.2) is 19.9 Å². The molecule has 3 aromatic rings. The van der Waals surface area contributed by atoms with Crippen LogP contribution < -0.4 is 10.2 Å². The number of pyridine rings is 1. The Kier molecular flexibility index (Phi) is 4.28. The summed E-state index contributed by atoms with van der Waals surface area (Å²) in [6.07, 6.45) is 9.67. The van der Waals surface area contributed by atoms with E-state index in [0.717, 1.165) is 41.9 Å². The van der Waals surface area contributed by atoms with Crippen LogP contribution in [0.5, 0.6) is 0 Å². The molecule has 0 atom stereocenters. The first-order valence-corrected chi connectivity index (χ1v) is 8.56. The van der Waals surface area contributed by atoms with Gasteiger partial charge in [-0.05, 0) is 31.4 Å². The quantitative estimate of drug-likeness (QED) is 0.773. The molecule has 0 aliphatic carbocycles.